The molecule has 0 aliphatic rings. The van der Waals surface area contributed by atoms with Crippen LogP contribution in [-0.4, -0.2) is 0 Å². The summed E-state index contributed by atoms with van der Waals surface area (Å²) >= 11 is 0. The number of hydrogen-bond donors (Lipinski definition) is 1. The Bertz CT molecular complexity index is 483. The van der Waals surface area contributed by atoms with Crippen LogP contribution in [0.15, 0.2) is 47.3 Å². The maximum atomic E-state index is 8.75. The minimum absolute atomic E-state index is 0.697. The molecule has 1 N–H and O–H groups in total. The fourth-order valence-corrected chi connectivity index (χ4v) is 1.50. The Balaban J connectivity index is 1.88. The lowest BCUT2D eigenvalue weighted by molar-refractivity contribution is 0.560. The lowest BCUT2D eigenvalue weighted by atomic mass is 10.1. The molecule has 1 aromatic heterocycles. The van der Waals surface area contributed by atoms with Gasteiger partial charge < -0.3 is 9.73 Å². The molecule has 80 valence electrons. The molecular weight excluding hydrogens is 200 g/mol. The fraction of sp³-hybridized carbons (Fsp3) is 0.154. The number of nitrogens with one attached hydrogen (secondary N) is 1. The highest BCUT2D eigenvalue weighted by Gasteiger charge is 1.96. The average Bonchev–Trinajstić information content (AvgIpc) is 2.82. The highest BCUT2D eigenvalue weighted by atomic mass is 16.3. The van der Waals surface area contributed by atoms with Crippen molar-refractivity contribution in [2.75, 3.05) is 0 Å². The third-order valence-corrected chi connectivity index (χ3v) is 2.29. The van der Waals surface area contributed by atoms with Gasteiger partial charge in [0.05, 0.1) is 24.2 Å². The van der Waals surface area contributed by atoms with Gasteiger partial charge in [0.15, 0.2) is 0 Å². The number of hydrogen-bond acceptors (Lipinski definition) is 3. The standard InChI is InChI=1S/C13H12N2O/c14-7-11-2-1-3-12(6-11)8-15-9-13-4-5-16-10-13/h1-6,10,15H,8-9H2. The summed E-state index contributed by atoms with van der Waals surface area (Å²) < 4.78 is 4.97. The first-order chi connectivity index (χ1) is 7.88. The van der Waals surface area contributed by atoms with Crippen molar-refractivity contribution in [2.24, 2.45) is 0 Å². The Kier molecular flexibility index (Phi) is 3.37. The molecule has 0 amide bonds. The van der Waals surface area contributed by atoms with E-state index in [0.29, 0.717) is 5.56 Å². The Hall–Kier alpha value is -2.05. The van der Waals surface area contributed by atoms with E-state index in [-0.39, 0.29) is 0 Å². The molecule has 3 heteroatoms. The molecule has 0 fully saturated rings. The van der Waals surface area contributed by atoms with Gasteiger partial charge in [-0.15, -0.1) is 0 Å². The van der Waals surface area contributed by atoms with Crippen LogP contribution in [0.4, 0.5) is 0 Å². The van der Waals surface area contributed by atoms with E-state index in [9.17, 15) is 0 Å². The summed E-state index contributed by atoms with van der Waals surface area (Å²) in [6.45, 7) is 1.52. The molecule has 0 aliphatic heterocycles. The predicted octanol–water partition coefficient (Wildman–Crippen LogP) is 2.44. The Morgan fingerprint density at radius 2 is 2.06 bits per heavy atom. The van der Waals surface area contributed by atoms with Gasteiger partial charge in [0, 0.05) is 18.7 Å². The fourth-order valence-electron chi connectivity index (χ4n) is 1.50. The Morgan fingerprint density at radius 1 is 1.19 bits per heavy atom. The molecule has 0 saturated carbocycles. The predicted molar refractivity (Wildman–Crippen MR) is 60.4 cm³/mol. The first-order valence-corrected chi connectivity index (χ1v) is 5.09. The van der Waals surface area contributed by atoms with Crippen LogP contribution in [0.3, 0.4) is 0 Å². The molecule has 2 rings (SSSR count). The Labute approximate surface area is 94.3 Å². The molecule has 0 radical (unpaired) electrons. The van der Waals surface area contributed by atoms with E-state index in [4.69, 9.17) is 9.68 Å². The van der Waals surface area contributed by atoms with E-state index >= 15 is 0 Å². The minimum Gasteiger partial charge on any atom is -0.472 e. The highest BCUT2D eigenvalue weighted by molar-refractivity contribution is 5.32. The van der Waals surface area contributed by atoms with Gasteiger partial charge >= 0.3 is 0 Å². The lowest BCUT2D eigenvalue weighted by Gasteiger charge is -2.03. The minimum atomic E-state index is 0.697. The van der Waals surface area contributed by atoms with Gasteiger partial charge in [-0.2, -0.15) is 5.26 Å². The summed E-state index contributed by atoms with van der Waals surface area (Å²) in [5, 5.41) is 12.0. The molecule has 1 heterocycles. The van der Waals surface area contributed by atoms with Crippen molar-refractivity contribution < 1.29 is 4.42 Å². The van der Waals surface area contributed by atoms with Crippen molar-refractivity contribution in [2.45, 2.75) is 13.1 Å². The molecule has 16 heavy (non-hydrogen) atoms. The molecule has 0 aliphatic carbocycles. The number of rotatable bonds is 4. The first-order valence-electron chi connectivity index (χ1n) is 5.09. The summed E-state index contributed by atoms with van der Waals surface area (Å²) in [4.78, 5) is 0. The maximum Gasteiger partial charge on any atom is 0.0991 e. The van der Waals surface area contributed by atoms with E-state index in [2.05, 4.69) is 11.4 Å². The molecule has 1 aromatic carbocycles. The van der Waals surface area contributed by atoms with Crippen molar-refractivity contribution in [1.82, 2.24) is 5.32 Å². The van der Waals surface area contributed by atoms with Crippen molar-refractivity contribution in [3.8, 4) is 6.07 Å². The van der Waals surface area contributed by atoms with Crippen LogP contribution < -0.4 is 5.32 Å². The topological polar surface area (TPSA) is 49.0 Å². The molecule has 0 spiro atoms. The largest absolute Gasteiger partial charge is 0.472 e. The third kappa shape index (κ3) is 2.72. The van der Waals surface area contributed by atoms with E-state index in [1.165, 1.54) is 0 Å². The van der Waals surface area contributed by atoms with E-state index < -0.39 is 0 Å². The summed E-state index contributed by atoms with van der Waals surface area (Å²) in [5.41, 5.74) is 2.93. The first kappa shape index (κ1) is 10.5. The Morgan fingerprint density at radius 3 is 2.81 bits per heavy atom. The van der Waals surface area contributed by atoms with Crippen LogP contribution in [0, 0.1) is 11.3 Å². The SMILES string of the molecule is N#Cc1cccc(CNCc2ccoc2)c1. The molecule has 0 unspecified atom stereocenters. The van der Waals surface area contributed by atoms with Crippen LogP contribution in [0.1, 0.15) is 16.7 Å². The summed E-state index contributed by atoms with van der Waals surface area (Å²) in [6.07, 6.45) is 3.38. The summed E-state index contributed by atoms with van der Waals surface area (Å²) in [7, 11) is 0. The van der Waals surface area contributed by atoms with E-state index in [0.717, 1.165) is 24.2 Å². The van der Waals surface area contributed by atoms with Crippen LogP contribution in [0.5, 0.6) is 0 Å². The normalized spacial score (nSPS) is 9.94. The lowest BCUT2D eigenvalue weighted by Crippen LogP contribution is -2.12. The van der Waals surface area contributed by atoms with Crippen molar-refractivity contribution in [3.63, 3.8) is 0 Å². The second-order valence-corrected chi connectivity index (χ2v) is 3.55. The zero-order chi connectivity index (χ0) is 11.2. The quantitative estimate of drug-likeness (QED) is 0.846. The second kappa shape index (κ2) is 5.15. The van der Waals surface area contributed by atoms with Crippen LogP contribution in [0.2, 0.25) is 0 Å². The number of furan rings is 1. The number of nitrogens with zero attached hydrogens (tertiary/aromatic N) is 1. The van der Waals surface area contributed by atoms with Crippen LogP contribution in [0.25, 0.3) is 0 Å². The van der Waals surface area contributed by atoms with Crippen molar-refractivity contribution in [1.29, 1.82) is 5.26 Å². The average molecular weight is 212 g/mol. The van der Waals surface area contributed by atoms with Gasteiger partial charge in [0.1, 0.15) is 0 Å². The van der Waals surface area contributed by atoms with E-state index in [1.54, 1.807) is 18.6 Å². The summed E-state index contributed by atoms with van der Waals surface area (Å²) in [5.74, 6) is 0. The molecule has 3 nitrogen and oxygen atoms in total. The van der Waals surface area contributed by atoms with Crippen LogP contribution >= 0.6 is 0 Å². The molecule has 2 aromatic rings. The van der Waals surface area contributed by atoms with Crippen LogP contribution in [-0.2, 0) is 13.1 Å². The molecule has 0 bridgehead atoms. The second-order valence-electron chi connectivity index (χ2n) is 3.55. The van der Waals surface area contributed by atoms with Gasteiger partial charge in [0.2, 0.25) is 0 Å². The zero-order valence-electron chi connectivity index (χ0n) is 8.81. The molecule has 0 saturated heterocycles. The third-order valence-electron chi connectivity index (χ3n) is 2.29. The molecule has 0 atom stereocenters. The molecular formula is C13H12N2O. The number of nitriles is 1. The highest BCUT2D eigenvalue weighted by Crippen LogP contribution is 2.04. The van der Waals surface area contributed by atoms with Crippen molar-refractivity contribution in [3.05, 3.63) is 59.5 Å². The van der Waals surface area contributed by atoms with E-state index in [1.807, 2.05) is 24.3 Å². The van der Waals surface area contributed by atoms with Gasteiger partial charge in [-0.3, -0.25) is 0 Å². The van der Waals surface area contributed by atoms with Gasteiger partial charge in [-0.05, 0) is 23.8 Å². The maximum absolute atomic E-state index is 8.75. The van der Waals surface area contributed by atoms with Gasteiger partial charge in [0.25, 0.3) is 0 Å². The monoisotopic (exact) mass is 212 g/mol. The van der Waals surface area contributed by atoms with Gasteiger partial charge in [-0.1, -0.05) is 12.1 Å². The number of benzene rings is 1. The van der Waals surface area contributed by atoms with Gasteiger partial charge in [-0.25, -0.2) is 0 Å². The summed E-state index contributed by atoms with van der Waals surface area (Å²) in [6, 6.07) is 11.7. The smallest absolute Gasteiger partial charge is 0.0991 e. The zero-order valence-corrected chi connectivity index (χ0v) is 8.81. The van der Waals surface area contributed by atoms with Crippen molar-refractivity contribution >= 4 is 0 Å².